The van der Waals surface area contributed by atoms with Gasteiger partial charge >= 0.3 is 0 Å². The first-order valence-electron chi connectivity index (χ1n) is 10.2. The van der Waals surface area contributed by atoms with Crippen molar-refractivity contribution in [1.82, 2.24) is 15.8 Å². The Kier molecular flexibility index (Phi) is 5.39. The molecule has 2 saturated heterocycles. The third-order valence-electron chi connectivity index (χ3n) is 5.98. The summed E-state index contributed by atoms with van der Waals surface area (Å²) in [5.41, 5.74) is 10.6. The number of aryl methyl sites for hydroxylation is 2. The Labute approximate surface area is 171 Å². The summed E-state index contributed by atoms with van der Waals surface area (Å²) in [6.07, 6.45) is 0. The lowest BCUT2D eigenvalue weighted by atomic mass is 9.92. The van der Waals surface area contributed by atoms with Gasteiger partial charge in [0.1, 0.15) is 6.54 Å². The Morgan fingerprint density at radius 1 is 1.10 bits per heavy atom. The van der Waals surface area contributed by atoms with Gasteiger partial charge in [-0.1, -0.05) is 48.0 Å². The lowest BCUT2D eigenvalue weighted by molar-refractivity contribution is -0.142. The number of carbonyl (C=O) groups is 2. The highest BCUT2D eigenvalue weighted by molar-refractivity contribution is 5.99. The van der Waals surface area contributed by atoms with E-state index in [1.54, 1.807) is 4.90 Å². The average Bonchev–Trinajstić information content (AvgIpc) is 3.19. The minimum atomic E-state index is -0.239. The van der Waals surface area contributed by atoms with Crippen molar-refractivity contribution < 1.29 is 9.59 Å². The van der Waals surface area contributed by atoms with E-state index in [-0.39, 0.29) is 36.4 Å². The Hall–Kier alpha value is -2.70. The molecular weight excluding hydrogens is 364 g/mol. The molecular formula is C23H28N4O2. The zero-order valence-electron chi connectivity index (χ0n) is 17.2. The number of nitrogens with zero attached hydrogens (tertiary/aromatic N) is 2. The zero-order valence-corrected chi connectivity index (χ0v) is 17.2. The first-order chi connectivity index (χ1) is 14.0. The molecule has 4 rings (SSSR count). The number of carbonyl (C=O) groups excluding carboxylic acids is 2. The lowest BCUT2D eigenvalue weighted by Gasteiger charge is -2.41. The summed E-state index contributed by atoms with van der Waals surface area (Å²) < 4.78 is 0. The van der Waals surface area contributed by atoms with Crippen molar-refractivity contribution in [2.24, 2.45) is 5.92 Å². The normalized spacial score (nSPS) is 24.8. The monoisotopic (exact) mass is 392 g/mol. The Bertz CT molecular complexity index is 929. The third-order valence-corrected chi connectivity index (χ3v) is 5.98. The quantitative estimate of drug-likeness (QED) is 0.842. The summed E-state index contributed by atoms with van der Waals surface area (Å²) in [6, 6.07) is 16.0. The SMILES string of the molecule is Cc1cccc(C2NNCC2C(=O)N2CC(=O)N(c3ccccc3C)CC2C)c1. The number of para-hydroxylation sites is 1. The molecule has 0 aliphatic carbocycles. The summed E-state index contributed by atoms with van der Waals surface area (Å²) in [4.78, 5) is 29.9. The van der Waals surface area contributed by atoms with Crippen molar-refractivity contribution in [1.29, 1.82) is 0 Å². The first-order valence-corrected chi connectivity index (χ1v) is 10.2. The van der Waals surface area contributed by atoms with Gasteiger partial charge < -0.3 is 9.80 Å². The van der Waals surface area contributed by atoms with E-state index in [0.29, 0.717) is 13.1 Å². The van der Waals surface area contributed by atoms with Gasteiger partial charge in [0.15, 0.2) is 0 Å². The first kappa shape index (κ1) is 19.6. The van der Waals surface area contributed by atoms with Gasteiger partial charge in [0.2, 0.25) is 11.8 Å². The van der Waals surface area contributed by atoms with Gasteiger partial charge in [-0.15, -0.1) is 0 Å². The molecule has 0 aromatic heterocycles. The van der Waals surface area contributed by atoms with E-state index < -0.39 is 0 Å². The molecule has 6 heteroatoms. The number of rotatable bonds is 3. The predicted octanol–water partition coefficient (Wildman–Crippen LogP) is 2.33. The van der Waals surface area contributed by atoms with Crippen LogP contribution in [-0.4, -0.2) is 42.4 Å². The number of hydrazine groups is 1. The molecule has 152 valence electrons. The number of nitrogens with one attached hydrogen (secondary N) is 2. The van der Waals surface area contributed by atoms with Crippen LogP contribution in [-0.2, 0) is 9.59 Å². The van der Waals surface area contributed by atoms with Gasteiger partial charge in [-0.3, -0.25) is 15.0 Å². The second-order valence-corrected chi connectivity index (χ2v) is 8.13. The molecule has 2 aromatic rings. The molecule has 3 atom stereocenters. The lowest BCUT2D eigenvalue weighted by Crippen LogP contribution is -2.58. The molecule has 2 aliphatic rings. The third kappa shape index (κ3) is 3.78. The largest absolute Gasteiger partial charge is 0.329 e. The van der Waals surface area contributed by atoms with Crippen molar-refractivity contribution in [3.63, 3.8) is 0 Å². The summed E-state index contributed by atoms with van der Waals surface area (Å²) in [5, 5.41) is 0. The van der Waals surface area contributed by atoms with Crippen LogP contribution in [0.3, 0.4) is 0 Å². The van der Waals surface area contributed by atoms with E-state index in [4.69, 9.17) is 0 Å². The highest BCUT2D eigenvalue weighted by Gasteiger charge is 2.41. The maximum atomic E-state index is 13.4. The minimum absolute atomic E-state index is 0.0271. The fraction of sp³-hybridized carbons (Fsp3) is 0.391. The molecule has 0 bridgehead atoms. The molecule has 2 amide bonds. The second-order valence-electron chi connectivity index (χ2n) is 8.13. The maximum absolute atomic E-state index is 13.4. The topological polar surface area (TPSA) is 64.7 Å². The summed E-state index contributed by atoms with van der Waals surface area (Å²) in [5.74, 6) is -0.242. The van der Waals surface area contributed by atoms with E-state index in [9.17, 15) is 9.59 Å². The minimum Gasteiger partial charge on any atom is -0.329 e. The van der Waals surface area contributed by atoms with Crippen LogP contribution >= 0.6 is 0 Å². The fourth-order valence-electron chi connectivity index (χ4n) is 4.36. The van der Waals surface area contributed by atoms with Crippen molar-refractivity contribution >= 4 is 17.5 Å². The molecule has 2 N–H and O–H groups in total. The smallest absolute Gasteiger partial charge is 0.246 e. The van der Waals surface area contributed by atoms with Crippen LogP contribution in [0.1, 0.15) is 29.7 Å². The van der Waals surface area contributed by atoms with E-state index >= 15 is 0 Å². The van der Waals surface area contributed by atoms with Gasteiger partial charge in [0.25, 0.3) is 0 Å². The second kappa shape index (κ2) is 7.97. The fourth-order valence-corrected chi connectivity index (χ4v) is 4.36. The molecule has 3 unspecified atom stereocenters. The molecule has 0 saturated carbocycles. The van der Waals surface area contributed by atoms with Crippen LogP contribution in [0, 0.1) is 19.8 Å². The van der Waals surface area contributed by atoms with Crippen molar-refractivity contribution in [3.8, 4) is 0 Å². The molecule has 2 fully saturated rings. The Morgan fingerprint density at radius 3 is 2.66 bits per heavy atom. The van der Waals surface area contributed by atoms with Crippen LogP contribution in [0.2, 0.25) is 0 Å². The number of amides is 2. The van der Waals surface area contributed by atoms with E-state index in [2.05, 4.69) is 16.9 Å². The van der Waals surface area contributed by atoms with Crippen LogP contribution in [0.15, 0.2) is 48.5 Å². The highest BCUT2D eigenvalue weighted by atomic mass is 16.2. The maximum Gasteiger partial charge on any atom is 0.246 e. The highest BCUT2D eigenvalue weighted by Crippen LogP contribution is 2.30. The standard InChI is InChI=1S/C23H28N4O2/c1-15-7-6-9-18(11-15)22-19(12-24-25-22)23(29)26-14-21(28)27(13-17(26)3)20-10-5-4-8-16(20)2/h4-11,17,19,22,24-25H,12-14H2,1-3H3. The van der Waals surface area contributed by atoms with E-state index in [1.807, 2.05) is 68.1 Å². The van der Waals surface area contributed by atoms with E-state index in [0.717, 1.165) is 22.4 Å². The molecule has 29 heavy (non-hydrogen) atoms. The van der Waals surface area contributed by atoms with Gasteiger partial charge in [-0.2, -0.15) is 0 Å². The average molecular weight is 393 g/mol. The van der Waals surface area contributed by atoms with Gasteiger partial charge in [-0.05, 0) is 38.0 Å². The number of anilines is 1. The van der Waals surface area contributed by atoms with E-state index in [1.165, 1.54) is 0 Å². The number of benzene rings is 2. The van der Waals surface area contributed by atoms with Gasteiger partial charge in [0.05, 0.1) is 12.0 Å². The molecule has 0 spiro atoms. The number of piperazine rings is 1. The van der Waals surface area contributed by atoms with Crippen molar-refractivity contribution in [2.45, 2.75) is 32.9 Å². The van der Waals surface area contributed by atoms with Crippen LogP contribution in [0.25, 0.3) is 0 Å². The van der Waals surface area contributed by atoms with Crippen molar-refractivity contribution in [3.05, 3.63) is 65.2 Å². The molecule has 2 aliphatic heterocycles. The summed E-state index contributed by atoms with van der Waals surface area (Å²) in [6.45, 7) is 7.26. The van der Waals surface area contributed by atoms with Crippen LogP contribution < -0.4 is 15.8 Å². The number of hydrogen-bond acceptors (Lipinski definition) is 4. The number of hydrogen-bond donors (Lipinski definition) is 2. The van der Waals surface area contributed by atoms with Crippen LogP contribution in [0.5, 0.6) is 0 Å². The summed E-state index contributed by atoms with van der Waals surface area (Å²) >= 11 is 0. The zero-order chi connectivity index (χ0) is 20.5. The van der Waals surface area contributed by atoms with Crippen molar-refractivity contribution in [2.75, 3.05) is 24.5 Å². The Morgan fingerprint density at radius 2 is 1.90 bits per heavy atom. The molecule has 2 aromatic carbocycles. The van der Waals surface area contributed by atoms with Gasteiger partial charge in [0, 0.05) is 24.8 Å². The predicted molar refractivity (Wildman–Crippen MR) is 113 cm³/mol. The molecule has 2 heterocycles. The molecule has 0 radical (unpaired) electrons. The summed E-state index contributed by atoms with van der Waals surface area (Å²) in [7, 11) is 0. The van der Waals surface area contributed by atoms with Crippen LogP contribution in [0.4, 0.5) is 5.69 Å². The van der Waals surface area contributed by atoms with Gasteiger partial charge in [-0.25, -0.2) is 5.43 Å². The Balaban J connectivity index is 1.52. The molecule has 6 nitrogen and oxygen atoms in total.